The third-order valence-corrected chi connectivity index (χ3v) is 6.90. The van der Waals surface area contributed by atoms with Gasteiger partial charge in [0.25, 0.3) is 0 Å². The Hall–Kier alpha value is -3.86. The van der Waals surface area contributed by atoms with Crippen molar-refractivity contribution in [2.75, 3.05) is 7.11 Å². The smallest absolute Gasteiger partial charge is 0.216 e. The molecule has 0 bridgehead atoms. The van der Waals surface area contributed by atoms with Crippen LogP contribution in [0.1, 0.15) is 5.56 Å². The van der Waals surface area contributed by atoms with Gasteiger partial charge in [-0.3, -0.25) is 0 Å². The van der Waals surface area contributed by atoms with E-state index in [2.05, 4.69) is 5.10 Å². The van der Waals surface area contributed by atoms with E-state index >= 15 is 0 Å². The van der Waals surface area contributed by atoms with E-state index in [1.54, 1.807) is 47.3 Å². The molecule has 6 nitrogen and oxygen atoms in total. The Balaban J connectivity index is 1.90. The molecule has 0 atom stereocenters. The molecule has 164 valence electrons. The molecule has 0 aliphatic carbocycles. The van der Waals surface area contributed by atoms with Crippen LogP contribution in [0.15, 0.2) is 94.9 Å². The average Bonchev–Trinajstić information content (AvgIpc) is 3.27. The first kappa shape index (κ1) is 22.3. The van der Waals surface area contributed by atoms with Crippen molar-refractivity contribution in [3.63, 3.8) is 0 Å². The Kier molecular flexibility index (Phi) is 6.31. The summed E-state index contributed by atoms with van der Waals surface area (Å²) in [5.41, 5.74) is 2.36. The number of halogens is 1. The number of nitriles is 1. The Morgan fingerprint density at radius 1 is 1.06 bits per heavy atom. The van der Waals surface area contributed by atoms with Crippen molar-refractivity contribution < 1.29 is 13.2 Å². The number of ether oxygens (including phenoxy) is 1. The second-order valence-corrected chi connectivity index (χ2v) is 9.32. The van der Waals surface area contributed by atoms with Crippen LogP contribution in [0.25, 0.3) is 23.0 Å². The number of para-hydroxylation sites is 1. The molecule has 4 rings (SSSR count). The second-order valence-electron chi connectivity index (χ2n) is 7.00. The van der Waals surface area contributed by atoms with E-state index in [1.165, 1.54) is 25.3 Å². The molecule has 1 heterocycles. The fraction of sp³-hybridized carbons (Fsp3) is 0.0400. The van der Waals surface area contributed by atoms with Crippen molar-refractivity contribution in [2.24, 2.45) is 0 Å². The van der Waals surface area contributed by atoms with Gasteiger partial charge in [-0.15, -0.1) is 0 Å². The molecule has 0 unspecified atom stereocenters. The number of nitrogens with zero attached hydrogens (tertiary/aromatic N) is 3. The molecular weight excluding hydrogens is 458 g/mol. The SMILES string of the molecule is COc1ccc(-c2nn(-c3ccccc3)cc2/C=C(\C#N)S(=O)(=O)c2ccccc2)cc1Cl. The fourth-order valence-corrected chi connectivity index (χ4v) is 4.71. The summed E-state index contributed by atoms with van der Waals surface area (Å²) in [6.07, 6.45) is 3.02. The van der Waals surface area contributed by atoms with E-state index in [0.717, 1.165) is 5.69 Å². The van der Waals surface area contributed by atoms with Crippen LogP contribution in [0.2, 0.25) is 5.02 Å². The zero-order valence-electron chi connectivity index (χ0n) is 17.5. The highest BCUT2D eigenvalue weighted by molar-refractivity contribution is 7.95. The number of aromatic nitrogens is 2. The van der Waals surface area contributed by atoms with Gasteiger partial charge >= 0.3 is 0 Å². The molecule has 0 N–H and O–H groups in total. The Labute approximate surface area is 196 Å². The molecule has 0 aliphatic rings. The molecule has 8 heteroatoms. The topological polar surface area (TPSA) is 85.0 Å². The van der Waals surface area contributed by atoms with Crippen LogP contribution in [0, 0.1) is 11.3 Å². The lowest BCUT2D eigenvalue weighted by atomic mass is 10.1. The van der Waals surface area contributed by atoms with Crippen molar-refractivity contribution in [1.82, 2.24) is 9.78 Å². The van der Waals surface area contributed by atoms with Gasteiger partial charge in [-0.1, -0.05) is 48.0 Å². The van der Waals surface area contributed by atoms with Crippen LogP contribution in [-0.2, 0) is 9.84 Å². The minimum absolute atomic E-state index is 0.0438. The summed E-state index contributed by atoms with van der Waals surface area (Å²) < 4.78 is 33.0. The zero-order valence-corrected chi connectivity index (χ0v) is 19.1. The van der Waals surface area contributed by atoms with Crippen molar-refractivity contribution in [1.29, 1.82) is 5.26 Å². The average molecular weight is 476 g/mol. The third-order valence-electron chi connectivity index (χ3n) is 4.93. The third kappa shape index (κ3) is 4.53. The zero-order chi connectivity index (χ0) is 23.4. The van der Waals surface area contributed by atoms with Crippen LogP contribution in [0.5, 0.6) is 5.75 Å². The molecule has 0 saturated carbocycles. The number of allylic oxidation sites excluding steroid dienone is 1. The molecule has 0 spiro atoms. The van der Waals surface area contributed by atoms with E-state index in [4.69, 9.17) is 16.3 Å². The second kappa shape index (κ2) is 9.33. The Morgan fingerprint density at radius 3 is 2.33 bits per heavy atom. The molecule has 3 aromatic carbocycles. The number of methoxy groups -OCH3 is 1. The van der Waals surface area contributed by atoms with E-state index in [9.17, 15) is 13.7 Å². The summed E-state index contributed by atoms with van der Waals surface area (Å²) in [6.45, 7) is 0. The molecule has 0 radical (unpaired) electrons. The predicted molar refractivity (Wildman–Crippen MR) is 128 cm³/mol. The standard InChI is InChI=1S/C25H18ClN3O3S/c1-32-24-13-12-18(15-23(24)26)25-19(17-29(28-25)20-8-4-2-5-9-20)14-22(16-27)33(30,31)21-10-6-3-7-11-21/h2-15,17H,1H3/b22-14+. The first-order valence-electron chi connectivity index (χ1n) is 9.85. The molecule has 0 aliphatic heterocycles. The number of rotatable bonds is 6. The largest absolute Gasteiger partial charge is 0.495 e. The van der Waals surface area contributed by atoms with Crippen LogP contribution in [0.3, 0.4) is 0 Å². The Bertz CT molecular complexity index is 1470. The molecule has 33 heavy (non-hydrogen) atoms. The van der Waals surface area contributed by atoms with Gasteiger partial charge in [0.05, 0.1) is 22.7 Å². The van der Waals surface area contributed by atoms with Crippen molar-refractivity contribution >= 4 is 27.5 Å². The van der Waals surface area contributed by atoms with Crippen molar-refractivity contribution in [3.05, 3.63) is 101 Å². The van der Waals surface area contributed by atoms with Crippen LogP contribution >= 0.6 is 11.6 Å². The summed E-state index contributed by atoms with van der Waals surface area (Å²) in [5.74, 6) is 0.504. The van der Waals surface area contributed by atoms with Gasteiger partial charge in [0, 0.05) is 17.3 Å². The first-order chi connectivity index (χ1) is 15.9. The van der Waals surface area contributed by atoms with E-state index < -0.39 is 9.84 Å². The minimum Gasteiger partial charge on any atom is -0.495 e. The summed E-state index contributed by atoms with van der Waals surface area (Å²) in [6, 6.07) is 24.2. The maximum Gasteiger partial charge on any atom is 0.216 e. The highest BCUT2D eigenvalue weighted by Crippen LogP contribution is 2.33. The first-order valence-corrected chi connectivity index (χ1v) is 11.7. The lowest BCUT2D eigenvalue weighted by molar-refractivity contribution is 0.415. The molecule has 4 aromatic rings. The summed E-state index contributed by atoms with van der Waals surface area (Å²) in [4.78, 5) is -0.343. The van der Waals surface area contributed by atoms with E-state index in [1.807, 2.05) is 36.4 Å². The lowest BCUT2D eigenvalue weighted by Gasteiger charge is -2.06. The van der Waals surface area contributed by atoms with Gasteiger partial charge in [-0.25, -0.2) is 13.1 Å². The van der Waals surface area contributed by atoms with Crippen molar-refractivity contribution in [3.8, 4) is 28.8 Å². The van der Waals surface area contributed by atoms with Crippen LogP contribution in [0.4, 0.5) is 0 Å². The maximum atomic E-state index is 13.1. The highest BCUT2D eigenvalue weighted by atomic mass is 35.5. The van der Waals surface area contributed by atoms with Gasteiger partial charge in [-0.2, -0.15) is 10.4 Å². The number of hydrogen-bond acceptors (Lipinski definition) is 5. The van der Waals surface area contributed by atoms with Gasteiger partial charge in [0.2, 0.25) is 9.84 Å². The monoisotopic (exact) mass is 475 g/mol. The van der Waals surface area contributed by atoms with Crippen molar-refractivity contribution in [2.45, 2.75) is 4.90 Å². The van der Waals surface area contributed by atoms with E-state index in [-0.39, 0.29) is 9.80 Å². The molecule has 1 aromatic heterocycles. The lowest BCUT2D eigenvalue weighted by Crippen LogP contribution is -2.03. The normalized spacial score (nSPS) is 11.7. The van der Waals surface area contributed by atoms with Crippen LogP contribution < -0.4 is 4.74 Å². The predicted octanol–water partition coefficient (Wildman–Crippen LogP) is 5.54. The summed E-state index contributed by atoms with van der Waals surface area (Å²) in [7, 11) is -2.48. The number of sulfone groups is 1. The number of hydrogen-bond donors (Lipinski definition) is 0. The number of benzene rings is 3. The quantitative estimate of drug-likeness (QED) is 0.342. The van der Waals surface area contributed by atoms with Gasteiger partial charge in [0.15, 0.2) is 0 Å². The van der Waals surface area contributed by atoms with E-state index in [0.29, 0.717) is 27.6 Å². The summed E-state index contributed by atoms with van der Waals surface area (Å²) in [5, 5.41) is 14.8. The summed E-state index contributed by atoms with van der Waals surface area (Å²) >= 11 is 6.32. The van der Waals surface area contributed by atoms with Gasteiger partial charge < -0.3 is 4.74 Å². The minimum atomic E-state index is -4.01. The Morgan fingerprint density at radius 2 is 1.73 bits per heavy atom. The van der Waals surface area contributed by atoms with Crippen LogP contribution in [-0.4, -0.2) is 25.3 Å². The van der Waals surface area contributed by atoms with Gasteiger partial charge in [-0.05, 0) is 48.5 Å². The van der Waals surface area contributed by atoms with Gasteiger partial charge in [0.1, 0.15) is 22.4 Å². The maximum absolute atomic E-state index is 13.1. The fourth-order valence-electron chi connectivity index (χ4n) is 3.28. The molecule has 0 amide bonds. The molecule has 0 fully saturated rings. The molecular formula is C25H18ClN3O3S. The highest BCUT2D eigenvalue weighted by Gasteiger charge is 2.22. The molecule has 0 saturated heterocycles.